The van der Waals surface area contributed by atoms with Crippen molar-refractivity contribution < 1.29 is 4.79 Å². The highest BCUT2D eigenvalue weighted by molar-refractivity contribution is 5.80. The van der Waals surface area contributed by atoms with Crippen LogP contribution in [0.4, 0.5) is 0 Å². The number of likely N-dealkylation sites (N-methyl/N-ethyl adjacent to an activating group) is 1. The van der Waals surface area contributed by atoms with Gasteiger partial charge >= 0.3 is 0 Å². The Balaban J connectivity index is 1.53. The van der Waals surface area contributed by atoms with E-state index in [0.717, 1.165) is 44.7 Å². The minimum absolute atomic E-state index is 0.187. The van der Waals surface area contributed by atoms with E-state index in [9.17, 15) is 4.79 Å². The van der Waals surface area contributed by atoms with Gasteiger partial charge in [0.1, 0.15) is 5.82 Å². The molecule has 3 rings (SSSR count). The van der Waals surface area contributed by atoms with Gasteiger partial charge in [0.15, 0.2) is 0 Å². The molecule has 0 saturated carbocycles. The molecule has 112 valence electrons. The maximum absolute atomic E-state index is 12.4. The van der Waals surface area contributed by atoms with Crippen LogP contribution in [0.5, 0.6) is 0 Å². The van der Waals surface area contributed by atoms with Gasteiger partial charge in [-0.15, -0.1) is 0 Å². The molecule has 1 amide bonds. The standard InChI is InChI=1S/C16H22N4O/c1-19(12-15-17-8-4-9-18-15)14-7-10-20(11-14)16(21)13-5-2-3-6-13/h2-4,8-9,13-14H,5-7,10-12H2,1H3. The predicted molar refractivity (Wildman–Crippen MR) is 80.3 cm³/mol. The summed E-state index contributed by atoms with van der Waals surface area (Å²) in [5.41, 5.74) is 0. The third-order valence-electron chi connectivity index (χ3n) is 4.47. The minimum Gasteiger partial charge on any atom is -0.341 e. The van der Waals surface area contributed by atoms with E-state index in [1.807, 2.05) is 11.0 Å². The van der Waals surface area contributed by atoms with Crippen molar-refractivity contribution in [2.75, 3.05) is 20.1 Å². The Kier molecular flexibility index (Phi) is 4.29. The molecule has 0 N–H and O–H groups in total. The summed E-state index contributed by atoms with van der Waals surface area (Å²) in [6, 6.07) is 2.24. The highest BCUT2D eigenvalue weighted by Gasteiger charge is 2.32. The van der Waals surface area contributed by atoms with Gasteiger partial charge in [-0.1, -0.05) is 12.2 Å². The average molecular weight is 286 g/mol. The largest absolute Gasteiger partial charge is 0.341 e. The summed E-state index contributed by atoms with van der Waals surface area (Å²) in [5, 5.41) is 0. The van der Waals surface area contributed by atoms with Crippen molar-refractivity contribution in [2.45, 2.75) is 31.8 Å². The van der Waals surface area contributed by atoms with E-state index in [0.29, 0.717) is 11.9 Å². The lowest BCUT2D eigenvalue weighted by molar-refractivity contribution is -0.134. The normalized spacial score (nSPS) is 22.4. The summed E-state index contributed by atoms with van der Waals surface area (Å²) in [6.07, 6.45) is 10.6. The highest BCUT2D eigenvalue weighted by atomic mass is 16.2. The van der Waals surface area contributed by atoms with E-state index in [1.165, 1.54) is 0 Å². The van der Waals surface area contributed by atoms with Crippen LogP contribution < -0.4 is 0 Å². The highest BCUT2D eigenvalue weighted by Crippen LogP contribution is 2.24. The van der Waals surface area contributed by atoms with Gasteiger partial charge in [0.05, 0.1) is 6.54 Å². The van der Waals surface area contributed by atoms with Gasteiger partial charge in [-0.25, -0.2) is 9.97 Å². The maximum atomic E-state index is 12.4. The first kappa shape index (κ1) is 14.2. The second-order valence-corrected chi connectivity index (χ2v) is 5.95. The molecule has 1 aliphatic carbocycles. The third kappa shape index (κ3) is 3.29. The van der Waals surface area contributed by atoms with E-state index in [1.54, 1.807) is 12.4 Å². The van der Waals surface area contributed by atoms with E-state index in [-0.39, 0.29) is 5.92 Å². The molecule has 0 radical (unpaired) electrons. The summed E-state index contributed by atoms with van der Waals surface area (Å²) >= 11 is 0. The molecule has 2 aliphatic rings. The first-order chi connectivity index (χ1) is 10.2. The van der Waals surface area contributed by atoms with Gasteiger partial charge in [-0.05, 0) is 32.4 Å². The van der Waals surface area contributed by atoms with Gasteiger partial charge in [0.25, 0.3) is 0 Å². The van der Waals surface area contributed by atoms with Crippen molar-refractivity contribution in [2.24, 2.45) is 5.92 Å². The Morgan fingerprint density at radius 1 is 1.33 bits per heavy atom. The molecule has 2 heterocycles. The monoisotopic (exact) mass is 286 g/mol. The Bertz CT molecular complexity index is 508. The summed E-state index contributed by atoms with van der Waals surface area (Å²) < 4.78 is 0. The zero-order valence-corrected chi connectivity index (χ0v) is 12.5. The second-order valence-electron chi connectivity index (χ2n) is 5.95. The number of amides is 1. The van der Waals surface area contributed by atoms with Gasteiger partial charge in [0.2, 0.25) is 5.91 Å². The number of likely N-dealkylation sites (tertiary alicyclic amines) is 1. The van der Waals surface area contributed by atoms with Crippen LogP contribution in [0.25, 0.3) is 0 Å². The molecular formula is C16H22N4O. The molecule has 0 bridgehead atoms. The van der Waals surface area contributed by atoms with Crippen LogP contribution in [-0.2, 0) is 11.3 Å². The van der Waals surface area contributed by atoms with Gasteiger partial charge < -0.3 is 4.90 Å². The first-order valence-electron chi connectivity index (χ1n) is 7.64. The van der Waals surface area contributed by atoms with Gasteiger partial charge in [-0.3, -0.25) is 9.69 Å². The Labute approximate surface area is 125 Å². The van der Waals surface area contributed by atoms with Crippen LogP contribution in [0.2, 0.25) is 0 Å². The number of nitrogens with zero attached hydrogens (tertiary/aromatic N) is 4. The fourth-order valence-electron chi connectivity index (χ4n) is 3.14. The van der Waals surface area contributed by atoms with Crippen LogP contribution in [0, 0.1) is 5.92 Å². The van der Waals surface area contributed by atoms with E-state index >= 15 is 0 Å². The number of carbonyl (C=O) groups is 1. The van der Waals surface area contributed by atoms with Crippen molar-refractivity contribution >= 4 is 5.91 Å². The SMILES string of the molecule is CN(Cc1ncccn1)C1CCN(C(=O)C2CC=CC2)C1. The van der Waals surface area contributed by atoms with Crippen LogP contribution in [-0.4, -0.2) is 51.9 Å². The Hall–Kier alpha value is -1.75. The molecule has 5 heteroatoms. The quantitative estimate of drug-likeness (QED) is 0.787. The molecule has 0 spiro atoms. The molecule has 1 fully saturated rings. The van der Waals surface area contributed by atoms with Crippen LogP contribution >= 0.6 is 0 Å². The fraction of sp³-hybridized carbons (Fsp3) is 0.562. The molecular weight excluding hydrogens is 264 g/mol. The van der Waals surface area contributed by atoms with Gasteiger partial charge in [0, 0.05) is 37.4 Å². The van der Waals surface area contributed by atoms with Crippen LogP contribution in [0.15, 0.2) is 30.6 Å². The topological polar surface area (TPSA) is 49.3 Å². The van der Waals surface area contributed by atoms with Crippen LogP contribution in [0.1, 0.15) is 25.1 Å². The van der Waals surface area contributed by atoms with Crippen molar-refractivity contribution in [3.8, 4) is 0 Å². The first-order valence-corrected chi connectivity index (χ1v) is 7.64. The number of hydrogen-bond donors (Lipinski definition) is 0. The third-order valence-corrected chi connectivity index (χ3v) is 4.47. The number of aromatic nitrogens is 2. The molecule has 21 heavy (non-hydrogen) atoms. The van der Waals surface area contributed by atoms with Gasteiger partial charge in [-0.2, -0.15) is 0 Å². The summed E-state index contributed by atoms with van der Waals surface area (Å²) in [5.74, 6) is 1.35. The molecule has 1 aromatic heterocycles. The Morgan fingerprint density at radius 2 is 2.05 bits per heavy atom. The zero-order chi connectivity index (χ0) is 14.7. The van der Waals surface area contributed by atoms with E-state index in [4.69, 9.17) is 0 Å². The molecule has 1 unspecified atom stereocenters. The number of carbonyl (C=O) groups excluding carboxylic acids is 1. The molecule has 1 saturated heterocycles. The number of rotatable bonds is 4. The van der Waals surface area contributed by atoms with E-state index in [2.05, 4.69) is 34.1 Å². The lowest BCUT2D eigenvalue weighted by Crippen LogP contribution is -2.38. The smallest absolute Gasteiger partial charge is 0.226 e. The van der Waals surface area contributed by atoms with Crippen molar-refractivity contribution in [3.05, 3.63) is 36.4 Å². The average Bonchev–Trinajstić information content (AvgIpc) is 3.19. The van der Waals surface area contributed by atoms with Crippen molar-refractivity contribution in [1.29, 1.82) is 0 Å². The lowest BCUT2D eigenvalue weighted by Gasteiger charge is -2.25. The molecule has 5 nitrogen and oxygen atoms in total. The molecule has 1 aromatic rings. The summed E-state index contributed by atoms with van der Waals surface area (Å²) in [7, 11) is 2.09. The molecule has 1 atom stereocenters. The van der Waals surface area contributed by atoms with Crippen molar-refractivity contribution in [3.63, 3.8) is 0 Å². The number of hydrogen-bond acceptors (Lipinski definition) is 4. The minimum atomic E-state index is 0.187. The Morgan fingerprint density at radius 3 is 2.76 bits per heavy atom. The van der Waals surface area contributed by atoms with Crippen LogP contribution in [0.3, 0.4) is 0 Å². The second kappa shape index (κ2) is 6.35. The molecule has 1 aliphatic heterocycles. The maximum Gasteiger partial charge on any atom is 0.226 e. The van der Waals surface area contributed by atoms with E-state index < -0.39 is 0 Å². The lowest BCUT2D eigenvalue weighted by atomic mass is 10.1. The van der Waals surface area contributed by atoms with Crippen molar-refractivity contribution in [1.82, 2.24) is 19.8 Å². The molecule has 0 aromatic carbocycles. The fourth-order valence-corrected chi connectivity index (χ4v) is 3.14. The predicted octanol–water partition coefficient (Wildman–Crippen LogP) is 1.48. The number of allylic oxidation sites excluding steroid dienone is 2. The zero-order valence-electron chi connectivity index (χ0n) is 12.5. The summed E-state index contributed by atoms with van der Waals surface area (Å²) in [4.78, 5) is 25.2. The summed E-state index contributed by atoms with van der Waals surface area (Å²) in [6.45, 7) is 2.44.